The summed E-state index contributed by atoms with van der Waals surface area (Å²) in [5.74, 6) is -0.197. The Bertz CT molecular complexity index is 1140. The van der Waals surface area contributed by atoms with Gasteiger partial charge in [-0.1, -0.05) is 42.0 Å². The van der Waals surface area contributed by atoms with Gasteiger partial charge in [-0.3, -0.25) is 9.52 Å². The molecule has 6 heteroatoms. The van der Waals surface area contributed by atoms with Crippen molar-refractivity contribution < 1.29 is 13.2 Å². The average molecular weight is 392 g/mol. The van der Waals surface area contributed by atoms with Crippen LogP contribution in [0.3, 0.4) is 0 Å². The van der Waals surface area contributed by atoms with E-state index in [0.717, 1.165) is 23.2 Å². The lowest BCUT2D eigenvalue weighted by Crippen LogP contribution is -2.29. The van der Waals surface area contributed by atoms with E-state index in [4.69, 9.17) is 0 Å². The van der Waals surface area contributed by atoms with Crippen molar-refractivity contribution in [2.75, 3.05) is 16.2 Å². The molecule has 0 spiro atoms. The highest BCUT2D eigenvalue weighted by molar-refractivity contribution is 7.92. The average Bonchev–Trinajstić information content (AvgIpc) is 3.13. The van der Waals surface area contributed by atoms with E-state index in [1.807, 2.05) is 43.3 Å². The number of hydrogen-bond donors (Lipinski definition) is 1. The Morgan fingerprint density at radius 2 is 1.71 bits per heavy atom. The third kappa shape index (κ3) is 3.51. The zero-order chi connectivity index (χ0) is 19.7. The predicted octanol–water partition coefficient (Wildman–Crippen LogP) is 4.00. The largest absolute Gasteiger partial charge is 0.308 e. The first-order valence-corrected chi connectivity index (χ1v) is 10.5. The maximum atomic E-state index is 13.0. The molecule has 0 saturated heterocycles. The summed E-state index contributed by atoms with van der Waals surface area (Å²) >= 11 is 0. The standard InChI is InChI=1S/C22H20N2O3S/c1-16-9-11-19(12-10-16)23-28(26,27)20-7-4-6-18(15-20)22(25)24-14-13-17-5-2-3-8-21(17)24/h2-12,15,23H,13-14H2,1H3. The van der Waals surface area contributed by atoms with Gasteiger partial charge < -0.3 is 4.90 Å². The number of rotatable bonds is 4. The maximum absolute atomic E-state index is 13.0. The molecule has 0 atom stereocenters. The third-order valence-electron chi connectivity index (χ3n) is 4.83. The van der Waals surface area contributed by atoms with E-state index in [-0.39, 0.29) is 10.8 Å². The number of hydrogen-bond acceptors (Lipinski definition) is 3. The van der Waals surface area contributed by atoms with Gasteiger partial charge in [-0.15, -0.1) is 0 Å². The van der Waals surface area contributed by atoms with Crippen molar-refractivity contribution in [1.29, 1.82) is 0 Å². The van der Waals surface area contributed by atoms with Crippen molar-refractivity contribution in [3.8, 4) is 0 Å². The molecule has 1 N–H and O–H groups in total. The molecule has 0 saturated carbocycles. The van der Waals surface area contributed by atoms with Crippen LogP contribution in [0.15, 0.2) is 77.7 Å². The van der Waals surface area contributed by atoms with Gasteiger partial charge in [0.2, 0.25) is 0 Å². The van der Waals surface area contributed by atoms with E-state index in [0.29, 0.717) is 17.8 Å². The zero-order valence-corrected chi connectivity index (χ0v) is 16.2. The maximum Gasteiger partial charge on any atom is 0.261 e. The minimum Gasteiger partial charge on any atom is -0.308 e. The fraction of sp³-hybridized carbons (Fsp3) is 0.136. The van der Waals surface area contributed by atoms with Crippen LogP contribution in [0.25, 0.3) is 0 Å². The molecule has 0 fully saturated rings. The monoisotopic (exact) mass is 392 g/mol. The smallest absolute Gasteiger partial charge is 0.261 e. The number of amides is 1. The van der Waals surface area contributed by atoms with E-state index < -0.39 is 10.0 Å². The quantitative estimate of drug-likeness (QED) is 0.730. The van der Waals surface area contributed by atoms with Crippen LogP contribution in [0.1, 0.15) is 21.5 Å². The Morgan fingerprint density at radius 1 is 0.964 bits per heavy atom. The topological polar surface area (TPSA) is 66.5 Å². The number of nitrogens with one attached hydrogen (secondary N) is 1. The van der Waals surface area contributed by atoms with Gasteiger partial charge in [0.25, 0.3) is 15.9 Å². The molecule has 3 aromatic rings. The first kappa shape index (κ1) is 18.3. The fourth-order valence-electron chi connectivity index (χ4n) is 3.34. The lowest BCUT2D eigenvalue weighted by Gasteiger charge is -2.18. The van der Waals surface area contributed by atoms with Crippen LogP contribution < -0.4 is 9.62 Å². The molecule has 1 amide bonds. The summed E-state index contributed by atoms with van der Waals surface area (Å²) in [6, 6.07) is 21.0. The van der Waals surface area contributed by atoms with Gasteiger partial charge in [0, 0.05) is 23.5 Å². The van der Waals surface area contributed by atoms with E-state index in [1.165, 1.54) is 12.1 Å². The van der Waals surface area contributed by atoms with Crippen LogP contribution in [0, 0.1) is 6.92 Å². The number of nitrogens with zero attached hydrogens (tertiary/aromatic N) is 1. The predicted molar refractivity (Wildman–Crippen MR) is 110 cm³/mol. The molecule has 0 radical (unpaired) electrons. The van der Waals surface area contributed by atoms with Gasteiger partial charge in [-0.2, -0.15) is 0 Å². The number of aryl methyl sites for hydroxylation is 1. The van der Waals surface area contributed by atoms with Crippen LogP contribution in [-0.2, 0) is 16.4 Å². The molecule has 0 unspecified atom stereocenters. The SMILES string of the molecule is Cc1ccc(NS(=O)(=O)c2cccc(C(=O)N3CCc4ccccc43)c2)cc1. The van der Waals surface area contributed by atoms with Crippen LogP contribution in [0.4, 0.5) is 11.4 Å². The van der Waals surface area contributed by atoms with E-state index in [2.05, 4.69) is 4.72 Å². The Labute approximate surface area is 164 Å². The van der Waals surface area contributed by atoms with E-state index >= 15 is 0 Å². The Hall–Kier alpha value is -3.12. The van der Waals surface area contributed by atoms with Gasteiger partial charge in [0.05, 0.1) is 4.90 Å². The number of carbonyl (C=O) groups excluding carboxylic acids is 1. The number of benzene rings is 3. The normalized spacial score (nSPS) is 13.2. The molecule has 28 heavy (non-hydrogen) atoms. The molecule has 5 nitrogen and oxygen atoms in total. The minimum absolute atomic E-state index is 0.0615. The fourth-order valence-corrected chi connectivity index (χ4v) is 4.44. The van der Waals surface area contributed by atoms with Crippen LogP contribution in [0.2, 0.25) is 0 Å². The number of para-hydroxylation sites is 1. The van der Waals surface area contributed by atoms with Gasteiger partial charge in [-0.05, 0) is 55.3 Å². The van der Waals surface area contributed by atoms with E-state index in [1.54, 1.807) is 29.2 Å². The highest BCUT2D eigenvalue weighted by Crippen LogP contribution is 2.29. The summed E-state index contributed by atoms with van der Waals surface area (Å²) in [6.07, 6.45) is 0.800. The van der Waals surface area contributed by atoms with Crippen molar-refractivity contribution in [3.05, 3.63) is 89.5 Å². The van der Waals surface area contributed by atoms with E-state index in [9.17, 15) is 13.2 Å². The molecule has 0 aromatic heterocycles. The number of fused-ring (bicyclic) bond motifs is 1. The van der Waals surface area contributed by atoms with Gasteiger partial charge >= 0.3 is 0 Å². The number of anilines is 2. The molecule has 1 aliphatic heterocycles. The third-order valence-corrected chi connectivity index (χ3v) is 6.21. The minimum atomic E-state index is -3.79. The number of carbonyl (C=O) groups is 1. The second-order valence-corrected chi connectivity index (χ2v) is 8.52. The molecular formula is C22H20N2O3S. The first-order chi connectivity index (χ1) is 13.4. The second kappa shape index (κ2) is 7.13. The van der Waals surface area contributed by atoms with Gasteiger partial charge in [0.15, 0.2) is 0 Å². The summed E-state index contributed by atoms with van der Waals surface area (Å²) in [6.45, 7) is 2.53. The molecule has 1 heterocycles. The Balaban J connectivity index is 1.61. The molecule has 0 aliphatic carbocycles. The highest BCUT2D eigenvalue weighted by atomic mass is 32.2. The molecular weight excluding hydrogens is 372 g/mol. The summed E-state index contributed by atoms with van der Waals surface area (Å²) in [4.78, 5) is 14.8. The summed E-state index contributed by atoms with van der Waals surface area (Å²) in [5, 5.41) is 0. The van der Waals surface area contributed by atoms with Crippen LogP contribution in [-0.4, -0.2) is 20.9 Å². The highest BCUT2D eigenvalue weighted by Gasteiger charge is 2.26. The number of sulfonamides is 1. The van der Waals surface area contributed by atoms with Crippen molar-refractivity contribution in [2.24, 2.45) is 0 Å². The van der Waals surface area contributed by atoms with Gasteiger partial charge in [-0.25, -0.2) is 8.42 Å². The van der Waals surface area contributed by atoms with Crippen molar-refractivity contribution in [1.82, 2.24) is 0 Å². The molecule has 3 aromatic carbocycles. The summed E-state index contributed by atoms with van der Waals surface area (Å²) in [7, 11) is -3.79. The zero-order valence-electron chi connectivity index (χ0n) is 15.4. The molecule has 142 valence electrons. The Morgan fingerprint density at radius 3 is 2.50 bits per heavy atom. The molecule has 1 aliphatic rings. The first-order valence-electron chi connectivity index (χ1n) is 9.03. The lowest BCUT2D eigenvalue weighted by molar-refractivity contribution is 0.0989. The second-order valence-electron chi connectivity index (χ2n) is 6.83. The van der Waals surface area contributed by atoms with Crippen LogP contribution >= 0.6 is 0 Å². The summed E-state index contributed by atoms with van der Waals surface area (Å²) in [5.41, 5.74) is 3.89. The molecule has 0 bridgehead atoms. The van der Waals surface area contributed by atoms with Gasteiger partial charge in [0.1, 0.15) is 0 Å². The van der Waals surface area contributed by atoms with Crippen molar-refractivity contribution in [2.45, 2.75) is 18.2 Å². The van der Waals surface area contributed by atoms with Crippen molar-refractivity contribution in [3.63, 3.8) is 0 Å². The lowest BCUT2D eigenvalue weighted by atomic mass is 10.1. The molecule has 4 rings (SSSR count). The summed E-state index contributed by atoms with van der Waals surface area (Å²) < 4.78 is 28.1. The Kier molecular flexibility index (Phi) is 4.65. The van der Waals surface area contributed by atoms with Crippen molar-refractivity contribution >= 4 is 27.3 Å². The van der Waals surface area contributed by atoms with Crippen LogP contribution in [0.5, 0.6) is 0 Å².